The summed E-state index contributed by atoms with van der Waals surface area (Å²) in [5, 5.41) is 2.82. The fourth-order valence-electron chi connectivity index (χ4n) is 2.78. The molecule has 2 aromatic rings. The molecule has 0 radical (unpaired) electrons. The van der Waals surface area contributed by atoms with Crippen LogP contribution in [0.5, 0.6) is 0 Å². The third-order valence-electron chi connectivity index (χ3n) is 4.23. The Morgan fingerprint density at radius 1 is 1.14 bits per heavy atom. The minimum atomic E-state index is -0.492. The molecular weight excluding hydrogens is 392 g/mol. The molecule has 2 aromatic carbocycles. The molecule has 1 aliphatic rings. The van der Waals surface area contributed by atoms with Gasteiger partial charge in [0.25, 0.3) is 5.91 Å². The Kier molecular flexibility index (Phi) is 7.17. The molecule has 0 saturated carbocycles. The van der Waals surface area contributed by atoms with Gasteiger partial charge in [-0.2, -0.15) is 0 Å². The number of nitrogens with zero attached hydrogens (tertiary/aromatic N) is 1. The van der Waals surface area contributed by atoms with Crippen molar-refractivity contribution in [2.75, 3.05) is 24.2 Å². The predicted octanol–water partition coefficient (Wildman–Crippen LogP) is 4.43. The Morgan fingerprint density at radius 2 is 1.89 bits per heavy atom. The Labute approximate surface area is 173 Å². The van der Waals surface area contributed by atoms with Crippen molar-refractivity contribution < 1.29 is 14.3 Å². The van der Waals surface area contributed by atoms with Crippen molar-refractivity contribution in [3.63, 3.8) is 0 Å². The minimum absolute atomic E-state index is 0.323. The lowest BCUT2D eigenvalue weighted by Gasteiger charge is -2.12. The van der Waals surface area contributed by atoms with Gasteiger partial charge in [0.2, 0.25) is 0 Å². The Hall–Kier alpha value is -2.25. The summed E-state index contributed by atoms with van der Waals surface area (Å²) in [5.74, 6) is 0.816. The van der Waals surface area contributed by atoms with Gasteiger partial charge >= 0.3 is 5.97 Å². The monoisotopic (exact) mass is 414 g/mol. The molecule has 0 bridgehead atoms. The quantitative estimate of drug-likeness (QED) is 0.708. The van der Waals surface area contributed by atoms with E-state index in [9.17, 15) is 9.59 Å². The Balaban J connectivity index is 1.58. The van der Waals surface area contributed by atoms with Gasteiger partial charge in [0.15, 0.2) is 6.61 Å². The number of hydrogen-bond donors (Lipinski definition) is 1. The van der Waals surface area contributed by atoms with Crippen molar-refractivity contribution in [1.29, 1.82) is 0 Å². The van der Waals surface area contributed by atoms with Gasteiger partial charge in [0, 0.05) is 17.2 Å². The molecule has 0 spiro atoms. The zero-order chi connectivity index (χ0) is 19.9. The molecule has 0 unspecified atom stereocenters. The fraction of sp³-hybridized carbons (Fsp3) is 0.286. The number of nitrogens with one attached hydrogen (secondary N) is 1. The molecule has 0 aliphatic carbocycles. The maximum absolute atomic E-state index is 12.5. The summed E-state index contributed by atoms with van der Waals surface area (Å²) >= 11 is 3.36. The highest BCUT2D eigenvalue weighted by Gasteiger charge is 2.16. The molecule has 146 valence electrons. The number of amides is 1. The third kappa shape index (κ3) is 5.39. The summed E-state index contributed by atoms with van der Waals surface area (Å²) in [6, 6.07) is 13.1. The van der Waals surface area contributed by atoms with Crippen molar-refractivity contribution in [2.24, 2.45) is 4.99 Å². The van der Waals surface area contributed by atoms with E-state index >= 15 is 0 Å². The standard InChI is InChI=1S/C21H22N2O3S2/c1-14-6-5-7-15(2)19(14)23-18(24)12-26-20(25)17-9-4-3-8-16(17)13-28-21-22-10-11-27-21/h3-9H,10-13H2,1-2H3,(H,23,24). The molecule has 0 fully saturated rings. The molecule has 1 heterocycles. The van der Waals surface area contributed by atoms with E-state index in [1.807, 2.05) is 44.2 Å². The number of ether oxygens (including phenoxy) is 1. The summed E-state index contributed by atoms with van der Waals surface area (Å²) in [5.41, 5.74) is 4.06. The Bertz CT molecular complexity index is 892. The molecule has 1 N–H and O–H groups in total. The number of esters is 1. The molecule has 1 aliphatic heterocycles. The number of para-hydroxylation sites is 1. The van der Waals surface area contributed by atoms with Crippen LogP contribution in [-0.2, 0) is 15.3 Å². The van der Waals surface area contributed by atoms with Crippen LogP contribution in [0.1, 0.15) is 27.0 Å². The second-order valence-corrected chi connectivity index (χ2v) is 8.64. The first-order valence-electron chi connectivity index (χ1n) is 8.95. The minimum Gasteiger partial charge on any atom is -0.452 e. The average molecular weight is 415 g/mol. The topological polar surface area (TPSA) is 67.8 Å². The lowest BCUT2D eigenvalue weighted by molar-refractivity contribution is -0.119. The van der Waals surface area contributed by atoms with Gasteiger partial charge in [-0.15, -0.1) is 0 Å². The summed E-state index contributed by atoms with van der Waals surface area (Å²) < 4.78 is 6.31. The summed E-state index contributed by atoms with van der Waals surface area (Å²) in [7, 11) is 0. The fourth-order valence-corrected chi connectivity index (χ4v) is 4.80. The normalized spacial score (nSPS) is 13.1. The third-order valence-corrected chi connectivity index (χ3v) is 6.53. The first-order valence-corrected chi connectivity index (χ1v) is 10.9. The number of carbonyl (C=O) groups excluding carboxylic acids is 2. The zero-order valence-corrected chi connectivity index (χ0v) is 17.5. The highest BCUT2D eigenvalue weighted by Crippen LogP contribution is 2.26. The van der Waals surface area contributed by atoms with E-state index in [1.54, 1.807) is 35.7 Å². The van der Waals surface area contributed by atoms with Gasteiger partial charge in [0.05, 0.1) is 12.1 Å². The van der Waals surface area contributed by atoms with Crippen LogP contribution in [0.4, 0.5) is 5.69 Å². The lowest BCUT2D eigenvalue weighted by atomic mass is 10.1. The molecule has 7 heteroatoms. The average Bonchev–Trinajstić information content (AvgIpc) is 3.21. The summed E-state index contributed by atoms with van der Waals surface area (Å²) in [6.07, 6.45) is 0. The Morgan fingerprint density at radius 3 is 2.61 bits per heavy atom. The van der Waals surface area contributed by atoms with Crippen LogP contribution in [0.3, 0.4) is 0 Å². The van der Waals surface area contributed by atoms with Gasteiger partial charge in [0.1, 0.15) is 4.38 Å². The number of hydrogen-bond acceptors (Lipinski definition) is 6. The maximum Gasteiger partial charge on any atom is 0.338 e. The highest BCUT2D eigenvalue weighted by atomic mass is 32.2. The molecule has 5 nitrogen and oxygen atoms in total. The van der Waals surface area contributed by atoms with Crippen molar-refractivity contribution in [1.82, 2.24) is 0 Å². The van der Waals surface area contributed by atoms with E-state index in [4.69, 9.17) is 4.74 Å². The maximum atomic E-state index is 12.5. The van der Waals surface area contributed by atoms with E-state index < -0.39 is 5.97 Å². The van der Waals surface area contributed by atoms with Crippen LogP contribution < -0.4 is 5.32 Å². The molecule has 3 rings (SSSR count). The van der Waals surface area contributed by atoms with E-state index in [-0.39, 0.29) is 12.5 Å². The number of thioether (sulfide) groups is 2. The lowest BCUT2D eigenvalue weighted by Crippen LogP contribution is -2.22. The molecular formula is C21H22N2O3S2. The van der Waals surface area contributed by atoms with E-state index in [2.05, 4.69) is 10.3 Å². The number of benzene rings is 2. The van der Waals surface area contributed by atoms with E-state index in [0.29, 0.717) is 11.3 Å². The highest BCUT2D eigenvalue weighted by molar-refractivity contribution is 8.38. The second kappa shape index (κ2) is 9.80. The first-order chi connectivity index (χ1) is 13.5. The SMILES string of the molecule is Cc1cccc(C)c1NC(=O)COC(=O)c1ccccc1CSC1=NCCS1. The van der Waals surface area contributed by atoms with E-state index in [0.717, 1.165) is 39.1 Å². The van der Waals surface area contributed by atoms with Crippen molar-refractivity contribution in [3.05, 3.63) is 64.7 Å². The number of rotatable bonds is 6. The number of carbonyl (C=O) groups is 2. The second-order valence-electron chi connectivity index (χ2n) is 6.33. The van der Waals surface area contributed by atoms with Crippen LogP contribution in [0.2, 0.25) is 0 Å². The van der Waals surface area contributed by atoms with E-state index in [1.165, 1.54) is 0 Å². The predicted molar refractivity (Wildman–Crippen MR) is 117 cm³/mol. The molecule has 28 heavy (non-hydrogen) atoms. The molecule has 1 amide bonds. The molecule has 0 atom stereocenters. The number of aryl methyl sites for hydroxylation is 2. The number of anilines is 1. The summed E-state index contributed by atoms with van der Waals surface area (Å²) in [6.45, 7) is 4.38. The zero-order valence-electron chi connectivity index (χ0n) is 15.9. The van der Waals surface area contributed by atoms with Crippen LogP contribution in [-0.4, -0.2) is 35.2 Å². The van der Waals surface area contributed by atoms with Crippen LogP contribution in [0.25, 0.3) is 0 Å². The van der Waals surface area contributed by atoms with Gasteiger partial charge in [-0.05, 0) is 36.6 Å². The smallest absolute Gasteiger partial charge is 0.338 e. The van der Waals surface area contributed by atoms with Crippen molar-refractivity contribution in [2.45, 2.75) is 19.6 Å². The van der Waals surface area contributed by atoms with Crippen LogP contribution >= 0.6 is 23.5 Å². The van der Waals surface area contributed by atoms with Gasteiger partial charge in [-0.1, -0.05) is 59.9 Å². The van der Waals surface area contributed by atoms with Crippen LogP contribution in [0.15, 0.2) is 47.5 Å². The first kappa shape index (κ1) is 20.5. The van der Waals surface area contributed by atoms with Crippen molar-refractivity contribution in [3.8, 4) is 0 Å². The molecule has 0 saturated heterocycles. The van der Waals surface area contributed by atoms with Gasteiger partial charge in [-0.3, -0.25) is 9.79 Å². The van der Waals surface area contributed by atoms with Crippen LogP contribution in [0, 0.1) is 13.8 Å². The van der Waals surface area contributed by atoms with Gasteiger partial charge in [-0.25, -0.2) is 4.79 Å². The molecule has 0 aromatic heterocycles. The van der Waals surface area contributed by atoms with Gasteiger partial charge < -0.3 is 10.1 Å². The largest absolute Gasteiger partial charge is 0.452 e. The van der Waals surface area contributed by atoms with Crippen molar-refractivity contribution >= 4 is 45.5 Å². The summed E-state index contributed by atoms with van der Waals surface area (Å²) in [4.78, 5) is 29.1. The number of aliphatic imine (C=N–C) groups is 1.